The Morgan fingerprint density at radius 3 is 2.33 bits per heavy atom. The van der Waals surface area contributed by atoms with Crippen molar-refractivity contribution in [2.45, 2.75) is 57.4 Å². The van der Waals surface area contributed by atoms with Crippen LogP contribution in [0.1, 0.15) is 51.4 Å². The number of nitrogens with one attached hydrogen (secondary N) is 1. The molecule has 21 heavy (non-hydrogen) atoms. The Morgan fingerprint density at radius 2 is 1.81 bits per heavy atom. The highest BCUT2D eigenvalue weighted by Crippen LogP contribution is 2.44. The van der Waals surface area contributed by atoms with Gasteiger partial charge in [0, 0.05) is 19.5 Å². The van der Waals surface area contributed by atoms with E-state index in [2.05, 4.69) is 5.32 Å². The van der Waals surface area contributed by atoms with Crippen molar-refractivity contribution in [2.24, 2.45) is 5.41 Å². The third-order valence-electron chi connectivity index (χ3n) is 4.47. The summed E-state index contributed by atoms with van der Waals surface area (Å²) in [7, 11) is 1.61. The van der Waals surface area contributed by atoms with Crippen molar-refractivity contribution in [1.82, 2.24) is 10.2 Å². The molecule has 0 aromatic carbocycles. The van der Waals surface area contributed by atoms with Crippen LogP contribution in [0.4, 0.5) is 0 Å². The van der Waals surface area contributed by atoms with Crippen LogP contribution in [0.5, 0.6) is 0 Å². The van der Waals surface area contributed by atoms with E-state index in [1.165, 1.54) is 4.90 Å². The number of aliphatic carboxylic acids is 1. The highest BCUT2D eigenvalue weighted by molar-refractivity contribution is 5.85. The maximum atomic E-state index is 12.3. The molecular formula is C15H24N2O4. The van der Waals surface area contributed by atoms with E-state index < -0.39 is 11.4 Å². The molecule has 0 atom stereocenters. The molecule has 6 heteroatoms. The monoisotopic (exact) mass is 296 g/mol. The van der Waals surface area contributed by atoms with Gasteiger partial charge in [-0.25, -0.2) is 0 Å². The van der Waals surface area contributed by atoms with Crippen LogP contribution in [0.15, 0.2) is 0 Å². The van der Waals surface area contributed by atoms with Crippen LogP contribution in [-0.4, -0.2) is 47.4 Å². The summed E-state index contributed by atoms with van der Waals surface area (Å²) >= 11 is 0. The lowest BCUT2D eigenvalue weighted by Crippen LogP contribution is -2.41. The van der Waals surface area contributed by atoms with Crippen LogP contribution >= 0.6 is 0 Å². The van der Waals surface area contributed by atoms with Gasteiger partial charge in [0.15, 0.2) is 0 Å². The third-order valence-corrected chi connectivity index (χ3v) is 4.47. The minimum absolute atomic E-state index is 0.0425. The Hall–Kier alpha value is -1.59. The van der Waals surface area contributed by atoms with Crippen LogP contribution in [0.2, 0.25) is 0 Å². The number of likely N-dealkylation sites (N-methyl/N-ethyl adjacent to an activating group) is 1. The molecule has 0 aromatic heterocycles. The fourth-order valence-corrected chi connectivity index (χ4v) is 3.12. The van der Waals surface area contributed by atoms with Gasteiger partial charge in [-0.3, -0.25) is 14.4 Å². The molecule has 0 heterocycles. The molecule has 6 nitrogen and oxygen atoms in total. The van der Waals surface area contributed by atoms with E-state index >= 15 is 0 Å². The number of amides is 2. The second-order valence-electron chi connectivity index (χ2n) is 6.55. The van der Waals surface area contributed by atoms with Gasteiger partial charge in [0.1, 0.15) is 0 Å². The molecule has 2 fully saturated rings. The summed E-state index contributed by atoms with van der Waals surface area (Å²) in [6.45, 7) is 0.0541. The molecule has 2 saturated carbocycles. The van der Waals surface area contributed by atoms with Gasteiger partial charge in [0.2, 0.25) is 11.8 Å². The SMILES string of the molecule is CN(CC(=O)NC1CC1)C(=O)CC1(CC(=O)O)CCCC1. The maximum absolute atomic E-state index is 12.3. The molecule has 0 radical (unpaired) electrons. The zero-order valence-electron chi connectivity index (χ0n) is 12.6. The molecule has 118 valence electrons. The van der Waals surface area contributed by atoms with Gasteiger partial charge in [-0.1, -0.05) is 12.8 Å². The van der Waals surface area contributed by atoms with E-state index in [0.717, 1.165) is 38.5 Å². The molecule has 2 aliphatic rings. The standard InChI is InChI=1S/C15H24N2O4/c1-17(10-12(18)16-11-4-5-11)13(19)8-15(9-14(20)21)6-2-3-7-15/h11H,2-10H2,1H3,(H,16,18)(H,20,21). The van der Waals surface area contributed by atoms with Crippen LogP contribution in [0.25, 0.3) is 0 Å². The molecule has 2 amide bonds. The lowest BCUT2D eigenvalue weighted by atomic mass is 9.79. The number of carbonyl (C=O) groups is 3. The molecule has 0 aliphatic heterocycles. The first-order valence-corrected chi connectivity index (χ1v) is 7.65. The summed E-state index contributed by atoms with van der Waals surface area (Å²) < 4.78 is 0. The quantitative estimate of drug-likeness (QED) is 0.738. The second-order valence-corrected chi connectivity index (χ2v) is 6.55. The first-order valence-electron chi connectivity index (χ1n) is 7.65. The number of carboxylic acids is 1. The van der Waals surface area contributed by atoms with Gasteiger partial charge in [-0.05, 0) is 31.1 Å². The maximum Gasteiger partial charge on any atom is 0.303 e. The van der Waals surface area contributed by atoms with Crippen molar-refractivity contribution in [3.05, 3.63) is 0 Å². The average Bonchev–Trinajstić information content (AvgIpc) is 3.07. The third kappa shape index (κ3) is 4.72. The summed E-state index contributed by atoms with van der Waals surface area (Å²) in [6.07, 6.45) is 5.84. The Kier molecular flexibility index (Phi) is 4.85. The smallest absolute Gasteiger partial charge is 0.303 e. The average molecular weight is 296 g/mol. The molecule has 2 N–H and O–H groups in total. The van der Waals surface area contributed by atoms with Crippen molar-refractivity contribution in [2.75, 3.05) is 13.6 Å². The zero-order valence-corrected chi connectivity index (χ0v) is 12.6. The summed E-state index contributed by atoms with van der Waals surface area (Å²) in [5, 5.41) is 11.9. The van der Waals surface area contributed by atoms with Crippen molar-refractivity contribution in [3.8, 4) is 0 Å². The second kappa shape index (κ2) is 6.45. The summed E-state index contributed by atoms with van der Waals surface area (Å²) in [5.41, 5.74) is -0.413. The van der Waals surface area contributed by atoms with E-state index in [-0.39, 0.29) is 37.2 Å². The van der Waals surface area contributed by atoms with Gasteiger partial charge >= 0.3 is 5.97 Å². The lowest BCUT2D eigenvalue weighted by molar-refractivity contribution is -0.142. The predicted molar refractivity (Wildman–Crippen MR) is 76.6 cm³/mol. The lowest BCUT2D eigenvalue weighted by Gasteiger charge is -2.28. The minimum Gasteiger partial charge on any atom is -0.481 e. The molecule has 0 aromatic rings. The zero-order chi connectivity index (χ0) is 15.5. The molecule has 0 bridgehead atoms. The molecule has 0 spiro atoms. The van der Waals surface area contributed by atoms with Crippen molar-refractivity contribution >= 4 is 17.8 Å². The minimum atomic E-state index is -0.848. The van der Waals surface area contributed by atoms with E-state index in [1.54, 1.807) is 7.05 Å². The van der Waals surface area contributed by atoms with Crippen molar-refractivity contribution in [3.63, 3.8) is 0 Å². The fourth-order valence-electron chi connectivity index (χ4n) is 3.12. The number of hydrogen-bond donors (Lipinski definition) is 2. The van der Waals surface area contributed by atoms with Crippen molar-refractivity contribution in [1.29, 1.82) is 0 Å². The molecular weight excluding hydrogens is 272 g/mol. The van der Waals surface area contributed by atoms with Crippen LogP contribution < -0.4 is 5.32 Å². The topological polar surface area (TPSA) is 86.7 Å². The number of rotatable bonds is 7. The predicted octanol–water partition coefficient (Wildman–Crippen LogP) is 1.15. The fraction of sp³-hybridized carbons (Fsp3) is 0.800. The number of carboxylic acid groups (broad SMARTS) is 1. The van der Waals surface area contributed by atoms with Crippen LogP contribution in [-0.2, 0) is 14.4 Å². The number of hydrogen-bond acceptors (Lipinski definition) is 3. The van der Waals surface area contributed by atoms with Gasteiger partial charge in [-0.2, -0.15) is 0 Å². The normalized spacial score (nSPS) is 20.0. The first kappa shape index (κ1) is 15.8. The van der Waals surface area contributed by atoms with E-state index in [1.807, 2.05) is 0 Å². The first-order chi connectivity index (χ1) is 9.90. The molecule has 2 rings (SSSR count). The van der Waals surface area contributed by atoms with Gasteiger partial charge in [0.25, 0.3) is 0 Å². The highest BCUT2D eigenvalue weighted by Gasteiger charge is 2.38. The molecule has 2 aliphatic carbocycles. The molecule has 0 unspecified atom stereocenters. The van der Waals surface area contributed by atoms with E-state index in [9.17, 15) is 14.4 Å². The Balaban J connectivity index is 1.85. The van der Waals surface area contributed by atoms with E-state index in [4.69, 9.17) is 5.11 Å². The summed E-state index contributed by atoms with van der Waals surface area (Å²) in [5.74, 6) is -1.12. The molecule has 0 saturated heterocycles. The summed E-state index contributed by atoms with van der Waals surface area (Å²) in [6, 6.07) is 0.286. The Bertz CT molecular complexity index is 425. The van der Waals surface area contributed by atoms with Gasteiger partial charge in [-0.15, -0.1) is 0 Å². The van der Waals surface area contributed by atoms with Gasteiger partial charge in [0.05, 0.1) is 13.0 Å². The largest absolute Gasteiger partial charge is 0.481 e. The van der Waals surface area contributed by atoms with Crippen LogP contribution in [0.3, 0.4) is 0 Å². The van der Waals surface area contributed by atoms with Crippen molar-refractivity contribution < 1.29 is 19.5 Å². The Labute approximate surface area is 124 Å². The summed E-state index contributed by atoms with van der Waals surface area (Å²) in [4.78, 5) is 36.4. The Morgan fingerprint density at radius 1 is 1.19 bits per heavy atom. The van der Waals surface area contributed by atoms with Gasteiger partial charge < -0.3 is 15.3 Å². The number of nitrogens with zero attached hydrogens (tertiary/aromatic N) is 1. The van der Waals surface area contributed by atoms with Crippen LogP contribution in [0, 0.1) is 5.41 Å². The van der Waals surface area contributed by atoms with E-state index in [0.29, 0.717) is 0 Å². The number of carbonyl (C=O) groups excluding carboxylic acids is 2. The highest BCUT2D eigenvalue weighted by atomic mass is 16.4.